The predicted molar refractivity (Wildman–Crippen MR) is 83.4 cm³/mol. The highest BCUT2D eigenvalue weighted by Crippen LogP contribution is 2.19. The maximum absolute atomic E-state index is 12.2. The van der Waals surface area contributed by atoms with Gasteiger partial charge in [0.1, 0.15) is 0 Å². The van der Waals surface area contributed by atoms with E-state index in [1.165, 1.54) is 4.31 Å². The zero-order valence-corrected chi connectivity index (χ0v) is 13.8. The predicted octanol–water partition coefficient (Wildman–Crippen LogP) is 0.565. The Labute approximate surface area is 127 Å². The lowest BCUT2D eigenvalue weighted by atomic mass is 10.1. The van der Waals surface area contributed by atoms with Crippen LogP contribution in [0.3, 0.4) is 0 Å². The van der Waals surface area contributed by atoms with Crippen molar-refractivity contribution in [1.82, 2.24) is 18.8 Å². The van der Waals surface area contributed by atoms with Gasteiger partial charge in [0.2, 0.25) is 0 Å². The third-order valence-corrected chi connectivity index (χ3v) is 5.38. The lowest BCUT2D eigenvalue weighted by molar-refractivity contribution is 0.422. The minimum Gasteiger partial charge on any atom is -0.367 e. The second kappa shape index (κ2) is 6.76. The van der Waals surface area contributed by atoms with Crippen LogP contribution in [0.2, 0.25) is 0 Å². The van der Waals surface area contributed by atoms with Crippen molar-refractivity contribution in [3.05, 3.63) is 12.4 Å². The Kier molecular flexibility index (Phi) is 5.23. The van der Waals surface area contributed by atoms with Crippen LogP contribution in [-0.4, -0.2) is 55.2 Å². The van der Waals surface area contributed by atoms with Crippen molar-refractivity contribution in [2.45, 2.75) is 32.2 Å². The summed E-state index contributed by atoms with van der Waals surface area (Å²) in [6.07, 6.45) is 6.43. The van der Waals surface area contributed by atoms with Gasteiger partial charge in [-0.25, -0.2) is 0 Å². The molecule has 0 aromatic carbocycles. The summed E-state index contributed by atoms with van der Waals surface area (Å²) < 4.78 is 30.4. The molecule has 0 saturated carbocycles. The van der Waals surface area contributed by atoms with Crippen molar-refractivity contribution in [2.75, 3.05) is 31.6 Å². The van der Waals surface area contributed by atoms with E-state index < -0.39 is 10.2 Å². The van der Waals surface area contributed by atoms with Gasteiger partial charge in [-0.3, -0.25) is 4.68 Å². The van der Waals surface area contributed by atoms with Gasteiger partial charge < -0.3 is 4.90 Å². The molecule has 1 N–H and O–H groups in total. The zero-order valence-electron chi connectivity index (χ0n) is 13.0. The van der Waals surface area contributed by atoms with Crippen molar-refractivity contribution < 1.29 is 8.42 Å². The number of aryl methyl sites for hydroxylation is 1. The molecular formula is C13H25N5O2S. The molecule has 120 valence electrons. The van der Waals surface area contributed by atoms with Crippen LogP contribution in [0.5, 0.6) is 0 Å². The highest BCUT2D eigenvalue weighted by atomic mass is 32.2. The van der Waals surface area contributed by atoms with Gasteiger partial charge in [-0.2, -0.15) is 22.5 Å². The standard InChI is InChI=1S/C13H25N5O2S/c1-4-7-17(3)21(19,20)15-12-6-5-8-18(10-12)13-9-14-16(2)11-13/h9,11-12,15H,4-8,10H2,1-3H3/t12-/m1/s1. The summed E-state index contributed by atoms with van der Waals surface area (Å²) in [6.45, 7) is 4.13. The van der Waals surface area contributed by atoms with E-state index in [0.717, 1.165) is 31.5 Å². The number of aromatic nitrogens is 2. The van der Waals surface area contributed by atoms with E-state index in [9.17, 15) is 8.42 Å². The topological polar surface area (TPSA) is 70.5 Å². The van der Waals surface area contributed by atoms with Gasteiger partial charge in [-0.05, 0) is 19.3 Å². The van der Waals surface area contributed by atoms with Gasteiger partial charge in [-0.15, -0.1) is 0 Å². The van der Waals surface area contributed by atoms with Crippen LogP contribution in [0.4, 0.5) is 5.69 Å². The minimum atomic E-state index is -3.39. The molecular weight excluding hydrogens is 290 g/mol. The molecule has 1 atom stereocenters. The minimum absolute atomic E-state index is 0.0525. The molecule has 1 aliphatic heterocycles. The molecule has 8 heteroatoms. The van der Waals surface area contributed by atoms with Crippen molar-refractivity contribution in [1.29, 1.82) is 0 Å². The first-order chi connectivity index (χ1) is 9.92. The van der Waals surface area contributed by atoms with Gasteiger partial charge in [0.25, 0.3) is 10.2 Å². The van der Waals surface area contributed by atoms with E-state index >= 15 is 0 Å². The normalized spacial score (nSPS) is 20.2. The van der Waals surface area contributed by atoms with Crippen LogP contribution in [0.25, 0.3) is 0 Å². The number of hydrogen-bond acceptors (Lipinski definition) is 4. The third-order valence-electron chi connectivity index (χ3n) is 3.74. The fourth-order valence-corrected chi connectivity index (χ4v) is 3.83. The fraction of sp³-hybridized carbons (Fsp3) is 0.769. The highest BCUT2D eigenvalue weighted by molar-refractivity contribution is 7.87. The summed E-state index contributed by atoms with van der Waals surface area (Å²) in [7, 11) is 0.114. The van der Waals surface area contributed by atoms with Gasteiger partial charge in [0, 0.05) is 46.0 Å². The Morgan fingerprint density at radius 1 is 1.52 bits per heavy atom. The number of hydrogen-bond donors (Lipinski definition) is 1. The molecule has 1 aromatic heterocycles. The quantitative estimate of drug-likeness (QED) is 0.833. The van der Waals surface area contributed by atoms with Crippen LogP contribution in [0.15, 0.2) is 12.4 Å². The van der Waals surface area contributed by atoms with E-state index in [1.54, 1.807) is 11.7 Å². The summed E-state index contributed by atoms with van der Waals surface area (Å²) in [4.78, 5) is 2.18. The number of anilines is 1. The van der Waals surface area contributed by atoms with E-state index in [-0.39, 0.29) is 6.04 Å². The van der Waals surface area contributed by atoms with Crippen LogP contribution < -0.4 is 9.62 Å². The first kappa shape index (κ1) is 16.3. The van der Waals surface area contributed by atoms with E-state index in [0.29, 0.717) is 13.1 Å². The summed E-state index contributed by atoms with van der Waals surface area (Å²) >= 11 is 0. The molecule has 0 aliphatic carbocycles. The Morgan fingerprint density at radius 2 is 2.29 bits per heavy atom. The molecule has 0 radical (unpaired) electrons. The van der Waals surface area contributed by atoms with E-state index in [2.05, 4.69) is 14.7 Å². The van der Waals surface area contributed by atoms with Gasteiger partial charge >= 0.3 is 0 Å². The maximum atomic E-state index is 12.2. The Morgan fingerprint density at radius 3 is 2.90 bits per heavy atom. The Bertz CT molecular complexity index is 557. The lowest BCUT2D eigenvalue weighted by Crippen LogP contribution is -2.51. The van der Waals surface area contributed by atoms with Crippen LogP contribution in [0, 0.1) is 0 Å². The molecule has 1 aliphatic rings. The molecule has 7 nitrogen and oxygen atoms in total. The second-order valence-corrected chi connectivity index (χ2v) is 7.41. The molecule has 0 amide bonds. The first-order valence-corrected chi connectivity index (χ1v) is 8.83. The largest absolute Gasteiger partial charge is 0.367 e. The van der Waals surface area contributed by atoms with Crippen LogP contribution >= 0.6 is 0 Å². The molecule has 1 saturated heterocycles. The summed E-state index contributed by atoms with van der Waals surface area (Å²) in [5.74, 6) is 0. The molecule has 21 heavy (non-hydrogen) atoms. The average Bonchev–Trinajstić information content (AvgIpc) is 2.85. The molecule has 0 unspecified atom stereocenters. The van der Waals surface area contributed by atoms with E-state index in [4.69, 9.17) is 0 Å². The Balaban J connectivity index is 1.98. The highest BCUT2D eigenvalue weighted by Gasteiger charge is 2.26. The van der Waals surface area contributed by atoms with Crippen molar-refractivity contribution >= 4 is 15.9 Å². The van der Waals surface area contributed by atoms with Gasteiger partial charge in [0.15, 0.2) is 0 Å². The SMILES string of the molecule is CCCN(C)S(=O)(=O)N[C@@H]1CCCN(c2cnn(C)c2)C1. The number of piperidine rings is 1. The number of nitrogens with one attached hydrogen (secondary N) is 1. The molecule has 1 fully saturated rings. The fourth-order valence-electron chi connectivity index (χ4n) is 2.62. The molecule has 0 spiro atoms. The van der Waals surface area contributed by atoms with Crippen molar-refractivity contribution in [3.8, 4) is 0 Å². The summed E-state index contributed by atoms with van der Waals surface area (Å²) in [5, 5.41) is 4.17. The molecule has 2 rings (SSSR count). The van der Waals surface area contributed by atoms with Crippen LogP contribution in [-0.2, 0) is 17.3 Å². The lowest BCUT2D eigenvalue weighted by Gasteiger charge is -2.34. The average molecular weight is 315 g/mol. The van der Waals surface area contributed by atoms with E-state index in [1.807, 2.05) is 26.4 Å². The summed E-state index contributed by atoms with van der Waals surface area (Å²) in [6, 6.07) is -0.0525. The third kappa shape index (κ3) is 4.18. The first-order valence-electron chi connectivity index (χ1n) is 7.39. The summed E-state index contributed by atoms with van der Waals surface area (Å²) in [5.41, 5.74) is 1.04. The van der Waals surface area contributed by atoms with Crippen molar-refractivity contribution in [2.24, 2.45) is 7.05 Å². The molecule has 0 bridgehead atoms. The smallest absolute Gasteiger partial charge is 0.279 e. The number of rotatable bonds is 6. The van der Waals surface area contributed by atoms with Gasteiger partial charge in [0.05, 0.1) is 11.9 Å². The monoisotopic (exact) mass is 315 g/mol. The Hall–Kier alpha value is -1.12. The maximum Gasteiger partial charge on any atom is 0.279 e. The van der Waals surface area contributed by atoms with Gasteiger partial charge in [-0.1, -0.05) is 6.92 Å². The number of nitrogens with zero attached hydrogens (tertiary/aromatic N) is 4. The zero-order chi connectivity index (χ0) is 15.5. The van der Waals surface area contributed by atoms with Crippen molar-refractivity contribution in [3.63, 3.8) is 0 Å². The second-order valence-electron chi connectivity index (χ2n) is 5.60. The molecule has 1 aromatic rings. The molecule has 2 heterocycles. The van der Waals surface area contributed by atoms with Crippen LogP contribution in [0.1, 0.15) is 26.2 Å².